The Morgan fingerprint density at radius 2 is 1.63 bits per heavy atom. The van der Waals surface area contributed by atoms with E-state index in [1.807, 2.05) is 4.90 Å². The third-order valence-electron chi connectivity index (χ3n) is 4.97. The first-order valence-electron chi connectivity index (χ1n) is 10.1. The van der Waals surface area contributed by atoms with Crippen molar-refractivity contribution in [3.63, 3.8) is 0 Å². The van der Waals surface area contributed by atoms with Crippen LogP contribution >= 0.6 is 11.6 Å². The Hall–Kier alpha value is -2.86. The molecule has 7 heteroatoms. The number of nitrogens with zero attached hydrogens (tertiary/aromatic N) is 1. The SMILES string of the molecule is O=C(COc1ccc(C(=O)c2ccc(Cl)cc2)cc1)NCCN1CCCCCC1=O. The van der Waals surface area contributed by atoms with E-state index in [1.165, 1.54) is 0 Å². The van der Waals surface area contributed by atoms with Gasteiger partial charge in [0.25, 0.3) is 5.91 Å². The molecule has 0 radical (unpaired) electrons. The number of amides is 2. The fraction of sp³-hybridized carbons (Fsp3) is 0.348. The van der Waals surface area contributed by atoms with Crippen molar-refractivity contribution in [2.24, 2.45) is 0 Å². The lowest BCUT2D eigenvalue weighted by molar-refractivity contribution is -0.131. The molecule has 1 heterocycles. The number of carbonyl (C=O) groups excluding carboxylic acids is 3. The number of ketones is 1. The number of likely N-dealkylation sites (tertiary alicyclic amines) is 1. The molecule has 0 aliphatic carbocycles. The Labute approximate surface area is 181 Å². The van der Waals surface area contributed by atoms with Gasteiger partial charge in [0.15, 0.2) is 12.4 Å². The highest BCUT2D eigenvalue weighted by molar-refractivity contribution is 6.30. The summed E-state index contributed by atoms with van der Waals surface area (Å²) in [7, 11) is 0. The summed E-state index contributed by atoms with van der Waals surface area (Å²) >= 11 is 5.85. The minimum absolute atomic E-state index is 0.112. The van der Waals surface area contributed by atoms with Crippen molar-refractivity contribution in [1.82, 2.24) is 10.2 Å². The van der Waals surface area contributed by atoms with Gasteiger partial charge in [-0.3, -0.25) is 14.4 Å². The van der Waals surface area contributed by atoms with Crippen LogP contribution in [-0.2, 0) is 9.59 Å². The highest BCUT2D eigenvalue weighted by Crippen LogP contribution is 2.17. The van der Waals surface area contributed by atoms with Crippen molar-refractivity contribution < 1.29 is 19.1 Å². The lowest BCUT2D eigenvalue weighted by Gasteiger charge is -2.20. The molecular formula is C23H25ClN2O4. The van der Waals surface area contributed by atoms with E-state index in [1.54, 1.807) is 48.5 Å². The second-order valence-corrected chi connectivity index (χ2v) is 7.63. The molecule has 158 valence electrons. The number of ether oxygens (including phenoxy) is 1. The van der Waals surface area contributed by atoms with Gasteiger partial charge < -0.3 is 15.0 Å². The van der Waals surface area contributed by atoms with Gasteiger partial charge in [0.05, 0.1) is 0 Å². The normalized spacial score (nSPS) is 14.2. The molecule has 0 spiro atoms. The van der Waals surface area contributed by atoms with Crippen LogP contribution in [0.25, 0.3) is 0 Å². The molecule has 1 fully saturated rings. The van der Waals surface area contributed by atoms with Crippen LogP contribution in [0.3, 0.4) is 0 Å². The van der Waals surface area contributed by atoms with Crippen molar-refractivity contribution in [2.75, 3.05) is 26.2 Å². The topological polar surface area (TPSA) is 75.7 Å². The first-order chi connectivity index (χ1) is 14.5. The van der Waals surface area contributed by atoms with Gasteiger partial charge >= 0.3 is 0 Å². The highest BCUT2D eigenvalue weighted by Gasteiger charge is 2.16. The molecule has 0 atom stereocenters. The Bertz CT molecular complexity index is 881. The summed E-state index contributed by atoms with van der Waals surface area (Å²) < 4.78 is 5.49. The van der Waals surface area contributed by atoms with Crippen LogP contribution in [0.4, 0.5) is 0 Å². The Balaban J connectivity index is 1.42. The number of halogens is 1. The second kappa shape index (κ2) is 10.8. The lowest BCUT2D eigenvalue weighted by atomic mass is 10.0. The largest absolute Gasteiger partial charge is 0.484 e. The zero-order valence-electron chi connectivity index (χ0n) is 16.7. The maximum Gasteiger partial charge on any atom is 0.258 e. The Kier molecular flexibility index (Phi) is 7.85. The summed E-state index contributed by atoms with van der Waals surface area (Å²) in [6.45, 7) is 1.55. The van der Waals surface area contributed by atoms with Gasteiger partial charge in [-0.2, -0.15) is 0 Å². The van der Waals surface area contributed by atoms with Crippen molar-refractivity contribution >= 4 is 29.2 Å². The van der Waals surface area contributed by atoms with E-state index in [0.29, 0.717) is 41.4 Å². The zero-order chi connectivity index (χ0) is 21.3. The Morgan fingerprint density at radius 1 is 0.967 bits per heavy atom. The van der Waals surface area contributed by atoms with E-state index in [2.05, 4.69) is 5.32 Å². The maximum atomic E-state index is 12.5. The van der Waals surface area contributed by atoms with Gasteiger partial charge in [-0.1, -0.05) is 18.0 Å². The molecule has 3 rings (SSSR count). The number of benzene rings is 2. The minimum Gasteiger partial charge on any atom is -0.484 e. The van der Waals surface area contributed by atoms with E-state index >= 15 is 0 Å². The van der Waals surface area contributed by atoms with Crippen molar-refractivity contribution in [2.45, 2.75) is 25.7 Å². The van der Waals surface area contributed by atoms with Crippen molar-refractivity contribution in [1.29, 1.82) is 0 Å². The molecule has 30 heavy (non-hydrogen) atoms. The number of rotatable bonds is 8. The second-order valence-electron chi connectivity index (χ2n) is 7.19. The van der Waals surface area contributed by atoms with E-state index < -0.39 is 0 Å². The first-order valence-corrected chi connectivity index (χ1v) is 10.5. The molecule has 1 aliphatic rings. The van der Waals surface area contributed by atoms with E-state index in [9.17, 15) is 14.4 Å². The summed E-state index contributed by atoms with van der Waals surface area (Å²) in [5.74, 6) is 0.296. The van der Waals surface area contributed by atoms with Crippen LogP contribution in [0.15, 0.2) is 48.5 Å². The molecule has 1 aliphatic heterocycles. The summed E-state index contributed by atoms with van der Waals surface area (Å²) in [6, 6.07) is 13.3. The summed E-state index contributed by atoms with van der Waals surface area (Å²) in [5, 5.41) is 3.35. The molecule has 0 saturated carbocycles. The average molecular weight is 429 g/mol. The molecule has 2 amide bonds. The van der Waals surface area contributed by atoms with Crippen molar-refractivity contribution in [3.8, 4) is 5.75 Å². The number of hydrogen-bond acceptors (Lipinski definition) is 4. The van der Waals surface area contributed by atoms with E-state index in [-0.39, 0.29) is 24.2 Å². The quantitative estimate of drug-likeness (QED) is 0.653. The molecule has 0 unspecified atom stereocenters. The van der Waals surface area contributed by atoms with Crippen LogP contribution < -0.4 is 10.1 Å². The molecule has 1 N–H and O–H groups in total. The third kappa shape index (κ3) is 6.32. The molecule has 2 aromatic carbocycles. The van der Waals surface area contributed by atoms with Crippen LogP contribution in [0.2, 0.25) is 5.02 Å². The number of carbonyl (C=O) groups is 3. The van der Waals surface area contributed by atoms with Crippen LogP contribution in [-0.4, -0.2) is 48.7 Å². The van der Waals surface area contributed by atoms with Crippen molar-refractivity contribution in [3.05, 3.63) is 64.7 Å². The van der Waals surface area contributed by atoms with Gasteiger partial charge in [0, 0.05) is 42.2 Å². The zero-order valence-corrected chi connectivity index (χ0v) is 17.5. The summed E-state index contributed by atoms with van der Waals surface area (Å²) in [5.41, 5.74) is 1.08. The first kappa shape index (κ1) is 21.8. The monoisotopic (exact) mass is 428 g/mol. The molecule has 6 nitrogen and oxygen atoms in total. The fourth-order valence-corrected chi connectivity index (χ4v) is 3.40. The minimum atomic E-state index is -0.251. The highest BCUT2D eigenvalue weighted by atomic mass is 35.5. The van der Waals surface area contributed by atoms with Gasteiger partial charge in [-0.05, 0) is 61.4 Å². The van der Waals surface area contributed by atoms with Gasteiger partial charge in [0.1, 0.15) is 5.75 Å². The van der Waals surface area contributed by atoms with E-state index in [4.69, 9.17) is 16.3 Å². The molecule has 1 saturated heterocycles. The summed E-state index contributed by atoms with van der Waals surface area (Å²) in [6.07, 6.45) is 3.62. The average Bonchev–Trinajstić information content (AvgIpc) is 2.97. The van der Waals surface area contributed by atoms with Crippen LogP contribution in [0.1, 0.15) is 41.6 Å². The van der Waals surface area contributed by atoms with Crippen LogP contribution in [0, 0.1) is 0 Å². The number of hydrogen-bond donors (Lipinski definition) is 1. The standard InChI is InChI=1S/C23H25ClN2O4/c24-19-9-5-17(6-10-19)23(29)18-7-11-20(12-8-18)30-16-21(27)25-13-15-26-14-3-1-2-4-22(26)28/h5-12H,1-4,13-16H2,(H,25,27). The van der Waals surface area contributed by atoms with Gasteiger partial charge in [0.2, 0.25) is 5.91 Å². The lowest BCUT2D eigenvalue weighted by Crippen LogP contribution is -2.39. The number of nitrogens with one attached hydrogen (secondary N) is 1. The summed E-state index contributed by atoms with van der Waals surface area (Å²) in [4.78, 5) is 38.2. The molecule has 0 bridgehead atoms. The van der Waals surface area contributed by atoms with Gasteiger partial charge in [-0.15, -0.1) is 0 Å². The smallest absolute Gasteiger partial charge is 0.258 e. The predicted molar refractivity (Wildman–Crippen MR) is 115 cm³/mol. The molecular weight excluding hydrogens is 404 g/mol. The third-order valence-corrected chi connectivity index (χ3v) is 5.22. The molecule has 0 aromatic heterocycles. The fourth-order valence-electron chi connectivity index (χ4n) is 3.28. The van der Waals surface area contributed by atoms with Gasteiger partial charge in [-0.25, -0.2) is 0 Å². The predicted octanol–water partition coefficient (Wildman–Crippen LogP) is 3.47. The maximum absolute atomic E-state index is 12.5. The molecule has 2 aromatic rings. The van der Waals surface area contributed by atoms with E-state index in [0.717, 1.165) is 25.8 Å². The Morgan fingerprint density at radius 3 is 2.33 bits per heavy atom. The van der Waals surface area contributed by atoms with Crippen LogP contribution in [0.5, 0.6) is 5.75 Å².